The number of hydrogen-bond donors (Lipinski definition) is 1. The van der Waals surface area contributed by atoms with Gasteiger partial charge in [0.15, 0.2) is 0 Å². The molecule has 1 N–H and O–H groups in total. The molecule has 1 rings (SSSR count). The number of rotatable bonds is 3. The van der Waals surface area contributed by atoms with Crippen molar-refractivity contribution in [2.75, 3.05) is 5.32 Å². The summed E-state index contributed by atoms with van der Waals surface area (Å²) in [4.78, 5) is 0. The normalized spacial score (nSPS) is 11.2. The van der Waals surface area contributed by atoms with Crippen LogP contribution >= 0.6 is 0 Å². The van der Waals surface area contributed by atoms with Crippen LogP contribution in [0.3, 0.4) is 0 Å². The fourth-order valence-electron chi connectivity index (χ4n) is 1.21. The highest BCUT2D eigenvalue weighted by Crippen LogP contribution is 2.18. The molecule has 0 fully saturated rings. The van der Waals surface area contributed by atoms with E-state index < -0.39 is 5.82 Å². The van der Waals surface area contributed by atoms with Crippen LogP contribution in [-0.4, -0.2) is 6.04 Å². The lowest BCUT2D eigenvalue weighted by Crippen LogP contribution is -2.15. The van der Waals surface area contributed by atoms with E-state index in [0.29, 0.717) is 12.1 Å². The zero-order chi connectivity index (χ0) is 11.3. The van der Waals surface area contributed by atoms with Gasteiger partial charge in [0.25, 0.3) is 0 Å². The molecule has 0 bridgehead atoms. The quantitative estimate of drug-likeness (QED) is 0.820. The number of hydrogen-bond acceptors (Lipinski definition) is 3. The highest BCUT2D eigenvalue weighted by atomic mass is 19.1. The van der Waals surface area contributed by atoms with Gasteiger partial charge < -0.3 is 5.32 Å². The maximum atomic E-state index is 13.2. The first-order chi connectivity index (χ1) is 7.19. The Hall–Kier alpha value is -2.07. The summed E-state index contributed by atoms with van der Waals surface area (Å²) < 4.78 is 13.2. The Morgan fingerprint density at radius 3 is 2.80 bits per heavy atom. The summed E-state index contributed by atoms with van der Waals surface area (Å²) in [6.45, 7) is 1.80. The SMILES string of the molecule is C[C@@H](CC#N)Nc1cccc(F)c1C#N. The number of nitrogens with one attached hydrogen (secondary N) is 1. The van der Waals surface area contributed by atoms with Crippen LogP contribution < -0.4 is 5.32 Å². The van der Waals surface area contributed by atoms with Gasteiger partial charge >= 0.3 is 0 Å². The van der Waals surface area contributed by atoms with Crippen molar-refractivity contribution < 1.29 is 4.39 Å². The minimum Gasteiger partial charge on any atom is -0.380 e. The third-order valence-electron chi connectivity index (χ3n) is 1.92. The predicted octanol–water partition coefficient (Wildman–Crippen LogP) is 2.41. The first-order valence-electron chi connectivity index (χ1n) is 4.51. The molecule has 3 nitrogen and oxygen atoms in total. The van der Waals surface area contributed by atoms with Crippen LogP contribution in [-0.2, 0) is 0 Å². The maximum absolute atomic E-state index is 13.2. The second-order valence-corrected chi connectivity index (χ2v) is 3.18. The molecule has 0 saturated carbocycles. The van der Waals surface area contributed by atoms with E-state index >= 15 is 0 Å². The average molecular weight is 203 g/mol. The van der Waals surface area contributed by atoms with Gasteiger partial charge in [0, 0.05) is 6.04 Å². The lowest BCUT2D eigenvalue weighted by Gasteiger charge is -2.13. The van der Waals surface area contributed by atoms with Crippen molar-refractivity contribution in [1.82, 2.24) is 0 Å². The van der Waals surface area contributed by atoms with Crippen LogP contribution in [0.5, 0.6) is 0 Å². The van der Waals surface area contributed by atoms with E-state index in [1.807, 2.05) is 6.07 Å². The van der Waals surface area contributed by atoms with Crippen LogP contribution in [0.25, 0.3) is 0 Å². The van der Waals surface area contributed by atoms with Crippen LogP contribution in [0.1, 0.15) is 18.9 Å². The van der Waals surface area contributed by atoms with Crippen LogP contribution in [0, 0.1) is 28.5 Å². The standard InChI is InChI=1S/C11H10FN3/c1-8(5-6-13)15-11-4-2-3-10(12)9(11)7-14/h2-4,8,15H,5H2,1H3/t8-/m0/s1. The number of halogens is 1. The zero-order valence-electron chi connectivity index (χ0n) is 8.29. The number of benzene rings is 1. The van der Waals surface area contributed by atoms with Crippen molar-refractivity contribution in [2.24, 2.45) is 0 Å². The molecule has 76 valence electrons. The molecule has 0 aliphatic carbocycles. The summed E-state index contributed by atoms with van der Waals surface area (Å²) in [7, 11) is 0. The molecule has 0 radical (unpaired) electrons. The van der Waals surface area contributed by atoms with Crippen LogP contribution in [0.4, 0.5) is 10.1 Å². The number of nitrogens with zero attached hydrogens (tertiary/aromatic N) is 2. The second kappa shape index (κ2) is 4.97. The smallest absolute Gasteiger partial charge is 0.143 e. The molecule has 1 atom stereocenters. The molecule has 0 saturated heterocycles. The minimum atomic E-state index is -0.549. The number of anilines is 1. The van der Waals surface area contributed by atoms with E-state index in [9.17, 15) is 4.39 Å². The summed E-state index contributed by atoms with van der Waals surface area (Å²) in [5.41, 5.74) is 0.419. The Kier molecular flexibility index (Phi) is 3.65. The maximum Gasteiger partial charge on any atom is 0.143 e. The molecule has 1 aromatic rings. The summed E-state index contributed by atoms with van der Waals surface area (Å²) in [6.07, 6.45) is 0.307. The highest BCUT2D eigenvalue weighted by molar-refractivity contribution is 5.58. The fraction of sp³-hybridized carbons (Fsp3) is 0.273. The Balaban J connectivity index is 2.92. The van der Waals surface area contributed by atoms with Crippen molar-refractivity contribution in [3.05, 3.63) is 29.6 Å². The van der Waals surface area contributed by atoms with Crippen molar-refractivity contribution in [2.45, 2.75) is 19.4 Å². The van der Waals surface area contributed by atoms with E-state index in [1.165, 1.54) is 12.1 Å². The first kappa shape index (κ1) is 11.0. The third kappa shape index (κ3) is 2.69. The van der Waals surface area contributed by atoms with Crippen LogP contribution in [0.15, 0.2) is 18.2 Å². The molecule has 0 aliphatic rings. The van der Waals surface area contributed by atoms with Gasteiger partial charge in [-0.1, -0.05) is 6.07 Å². The van der Waals surface area contributed by atoms with Crippen molar-refractivity contribution >= 4 is 5.69 Å². The van der Waals surface area contributed by atoms with Gasteiger partial charge in [0.05, 0.1) is 18.2 Å². The van der Waals surface area contributed by atoms with Gasteiger partial charge in [-0.15, -0.1) is 0 Å². The largest absolute Gasteiger partial charge is 0.380 e. The first-order valence-corrected chi connectivity index (χ1v) is 4.51. The Bertz CT molecular complexity index is 428. The van der Waals surface area contributed by atoms with Crippen molar-refractivity contribution in [3.63, 3.8) is 0 Å². The molecule has 0 heterocycles. The van der Waals surface area contributed by atoms with Gasteiger partial charge in [0.2, 0.25) is 0 Å². The lowest BCUT2D eigenvalue weighted by molar-refractivity contribution is 0.624. The van der Waals surface area contributed by atoms with Gasteiger partial charge in [-0.25, -0.2) is 4.39 Å². The van der Waals surface area contributed by atoms with Gasteiger partial charge in [0.1, 0.15) is 17.4 Å². The second-order valence-electron chi connectivity index (χ2n) is 3.18. The molecule has 15 heavy (non-hydrogen) atoms. The van der Waals surface area contributed by atoms with E-state index in [-0.39, 0.29) is 11.6 Å². The predicted molar refractivity (Wildman–Crippen MR) is 54.4 cm³/mol. The van der Waals surface area contributed by atoms with Gasteiger partial charge in [-0.3, -0.25) is 0 Å². The molecule has 0 aliphatic heterocycles. The Labute approximate surface area is 87.8 Å². The van der Waals surface area contributed by atoms with Gasteiger partial charge in [-0.2, -0.15) is 10.5 Å². The van der Waals surface area contributed by atoms with Crippen LogP contribution in [0.2, 0.25) is 0 Å². The van der Waals surface area contributed by atoms with E-state index in [0.717, 1.165) is 0 Å². The molecule has 0 unspecified atom stereocenters. The molecular formula is C11H10FN3. The lowest BCUT2D eigenvalue weighted by atomic mass is 10.1. The zero-order valence-corrected chi connectivity index (χ0v) is 8.29. The Morgan fingerprint density at radius 1 is 1.47 bits per heavy atom. The summed E-state index contributed by atoms with van der Waals surface area (Å²) in [5.74, 6) is -0.549. The summed E-state index contributed by atoms with van der Waals surface area (Å²) >= 11 is 0. The molecule has 0 amide bonds. The van der Waals surface area contributed by atoms with Gasteiger partial charge in [-0.05, 0) is 19.1 Å². The monoisotopic (exact) mass is 203 g/mol. The van der Waals surface area contributed by atoms with E-state index in [4.69, 9.17) is 10.5 Å². The third-order valence-corrected chi connectivity index (χ3v) is 1.92. The van der Waals surface area contributed by atoms with Crippen molar-refractivity contribution in [3.8, 4) is 12.1 Å². The fourth-order valence-corrected chi connectivity index (χ4v) is 1.21. The van der Waals surface area contributed by atoms with E-state index in [1.54, 1.807) is 19.1 Å². The minimum absolute atomic E-state index is 0.0118. The topological polar surface area (TPSA) is 59.6 Å². The Morgan fingerprint density at radius 2 is 2.20 bits per heavy atom. The molecule has 0 aromatic heterocycles. The summed E-state index contributed by atoms with van der Waals surface area (Å²) in [6, 6.07) is 8.06. The highest BCUT2D eigenvalue weighted by Gasteiger charge is 2.09. The van der Waals surface area contributed by atoms with Crippen molar-refractivity contribution in [1.29, 1.82) is 10.5 Å². The molecule has 1 aromatic carbocycles. The molecular weight excluding hydrogens is 193 g/mol. The van der Waals surface area contributed by atoms with E-state index in [2.05, 4.69) is 5.32 Å². The molecule has 0 spiro atoms. The average Bonchev–Trinajstić information content (AvgIpc) is 2.18. The summed E-state index contributed by atoms with van der Waals surface area (Å²) in [5, 5.41) is 20.1. The number of nitriles is 2. The molecule has 4 heteroatoms.